The largest absolute Gasteiger partial charge is 0.289 e. The lowest BCUT2D eigenvalue weighted by molar-refractivity contribution is -0.385. The summed E-state index contributed by atoms with van der Waals surface area (Å²) in [5, 5.41) is 13.3. The predicted octanol–water partition coefficient (Wildman–Crippen LogP) is 2.58. The number of hydrogen-bond donors (Lipinski definition) is 0. The van der Waals surface area contributed by atoms with Gasteiger partial charge in [0.15, 0.2) is 0 Å². The summed E-state index contributed by atoms with van der Waals surface area (Å²) in [5.74, 6) is -0.0743. The molecule has 0 aliphatic carbocycles. The van der Waals surface area contributed by atoms with Crippen molar-refractivity contribution in [3.8, 4) is 0 Å². The number of pyridine rings is 1. The van der Waals surface area contributed by atoms with Gasteiger partial charge in [-0.05, 0) is 10.6 Å². The molecule has 0 aliphatic rings. The fraction of sp³-hybridized carbons (Fsp3) is 0. The monoisotopic (exact) mass is 199 g/mol. The summed E-state index contributed by atoms with van der Waals surface area (Å²) in [5.41, 5.74) is 7.80. The minimum atomic E-state index is -0.640. The van der Waals surface area contributed by atoms with E-state index in [9.17, 15) is 10.1 Å². The van der Waals surface area contributed by atoms with Crippen molar-refractivity contribution in [2.75, 3.05) is 0 Å². The molecule has 0 spiro atoms. The first-order valence-electron chi connectivity index (χ1n) is 3.00. The van der Waals surface area contributed by atoms with Crippen LogP contribution >= 0.6 is 11.6 Å². The molecular formula is C5H2ClN5O2. The van der Waals surface area contributed by atoms with Gasteiger partial charge in [-0.1, -0.05) is 11.6 Å². The van der Waals surface area contributed by atoms with Gasteiger partial charge in [0.1, 0.15) is 12.0 Å². The van der Waals surface area contributed by atoms with Crippen LogP contribution in [-0.4, -0.2) is 9.91 Å². The van der Waals surface area contributed by atoms with E-state index in [0.717, 1.165) is 12.3 Å². The van der Waals surface area contributed by atoms with Crippen LogP contribution in [0.2, 0.25) is 5.02 Å². The molecule has 0 atom stereocenters. The molecule has 0 aromatic carbocycles. The van der Waals surface area contributed by atoms with Crippen LogP contribution in [0.1, 0.15) is 0 Å². The molecular weight excluding hydrogens is 198 g/mol. The number of nitrogens with zero attached hydrogens (tertiary/aromatic N) is 5. The van der Waals surface area contributed by atoms with Gasteiger partial charge in [0.2, 0.25) is 0 Å². The summed E-state index contributed by atoms with van der Waals surface area (Å²) in [4.78, 5) is 15.5. The Morgan fingerprint density at radius 1 is 1.77 bits per heavy atom. The number of nitro groups is 1. The van der Waals surface area contributed by atoms with Gasteiger partial charge in [-0.3, -0.25) is 10.1 Å². The molecule has 1 heterocycles. The van der Waals surface area contributed by atoms with Crippen molar-refractivity contribution >= 4 is 23.1 Å². The van der Waals surface area contributed by atoms with E-state index in [-0.39, 0.29) is 16.5 Å². The maximum atomic E-state index is 10.2. The summed E-state index contributed by atoms with van der Waals surface area (Å²) in [6.07, 6.45) is 0.968. The highest BCUT2D eigenvalue weighted by Crippen LogP contribution is 2.25. The molecule has 0 fully saturated rings. The van der Waals surface area contributed by atoms with Crippen LogP contribution in [0.15, 0.2) is 17.4 Å². The van der Waals surface area contributed by atoms with Gasteiger partial charge in [0, 0.05) is 11.0 Å². The minimum absolute atomic E-state index is 0.0491. The van der Waals surface area contributed by atoms with Gasteiger partial charge in [0.05, 0.1) is 9.95 Å². The van der Waals surface area contributed by atoms with Crippen LogP contribution in [0.25, 0.3) is 10.4 Å². The Kier molecular flexibility index (Phi) is 2.63. The third kappa shape index (κ3) is 2.05. The lowest BCUT2D eigenvalue weighted by Gasteiger charge is -1.94. The zero-order valence-electron chi connectivity index (χ0n) is 6.09. The van der Waals surface area contributed by atoms with E-state index in [1.807, 2.05) is 0 Å². The highest BCUT2D eigenvalue weighted by atomic mass is 35.5. The first kappa shape index (κ1) is 9.24. The maximum Gasteiger partial charge on any atom is 0.289 e. The third-order valence-electron chi connectivity index (χ3n) is 1.16. The highest BCUT2D eigenvalue weighted by Gasteiger charge is 2.09. The summed E-state index contributed by atoms with van der Waals surface area (Å²) in [6, 6.07) is 1.07. The number of hydrogen-bond acceptors (Lipinski definition) is 4. The average molecular weight is 200 g/mol. The standard InChI is InChI=1S/C5H2ClN5O2/c6-4-1-3(11(12)13)2-8-5(4)9-10-7/h1-2H. The Hall–Kier alpha value is -1.85. The van der Waals surface area contributed by atoms with Crippen LogP contribution < -0.4 is 0 Å². The van der Waals surface area contributed by atoms with E-state index in [4.69, 9.17) is 17.1 Å². The Morgan fingerprint density at radius 2 is 2.46 bits per heavy atom. The molecule has 0 bridgehead atoms. The molecule has 0 radical (unpaired) electrons. The molecule has 66 valence electrons. The molecule has 0 saturated heterocycles. The van der Waals surface area contributed by atoms with Gasteiger partial charge < -0.3 is 0 Å². The third-order valence-corrected chi connectivity index (χ3v) is 1.44. The molecule has 0 aliphatic heterocycles. The normalized spacial score (nSPS) is 9.00. The van der Waals surface area contributed by atoms with Crippen molar-refractivity contribution in [3.05, 3.63) is 37.8 Å². The van der Waals surface area contributed by atoms with Crippen LogP contribution in [0.5, 0.6) is 0 Å². The number of rotatable bonds is 2. The Labute approximate surface area is 76.7 Å². The van der Waals surface area contributed by atoms with Crippen LogP contribution in [0.4, 0.5) is 11.5 Å². The Morgan fingerprint density at radius 3 is 2.92 bits per heavy atom. The first-order valence-corrected chi connectivity index (χ1v) is 3.38. The zero-order chi connectivity index (χ0) is 9.84. The summed E-state index contributed by atoms with van der Waals surface area (Å²) in [6.45, 7) is 0. The smallest absolute Gasteiger partial charge is 0.258 e. The van der Waals surface area contributed by atoms with Gasteiger partial charge in [-0.25, -0.2) is 4.98 Å². The highest BCUT2D eigenvalue weighted by molar-refractivity contribution is 6.32. The topological polar surface area (TPSA) is 105 Å². The zero-order valence-corrected chi connectivity index (χ0v) is 6.84. The fourth-order valence-corrected chi connectivity index (χ4v) is 0.835. The van der Waals surface area contributed by atoms with Crippen molar-refractivity contribution in [2.45, 2.75) is 0 Å². The van der Waals surface area contributed by atoms with Crippen LogP contribution in [0, 0.1) is 10.1 Å². The summed E-state index contributed by atoms with van der Waals surface area (Å²) in [7, 11) is 0. The fourth-order valence-electron chi connectivity index (χ4n) is 0.636. The van der Waals surface area contributed by atoms with Crippen molar-refractivity contribution in [3.63, 3.8) is 0 Å². The van der Waals surface area contributed by atoms with Crippen LogP contribution in [0.3, 0.4) is 0 Å². The molecule has 0 amide bonds. The number of halogens is 1. The predicted molar refractivity (Wildman–Crippen MR) is 44.7 cm³/mol. The lowest BCUT2D eigenvalue weighted by atomic mass is 10.4. The van der Waals surface area contributed by atoms with E-state index >= 15 is 0 Å². The molecule has 1 aromatic rings. The Bertz CT molecular complexity index is 400. The molecule has 8 heteroatoms. The van der Waals surface area contributed by atoms with Gasteiger partial charge >= 0.3 is 0 Å². The molecule has 1 aromatic heterocycles. The molecule has 13 heavy (non-hydrogen) atoms. The minimum Gasteiger partial charge on any atom is -0.258 e. The van der Waals surface area contributed by atoms with Crippen molar-refractivity contribution in [2.24, 2.45) is 5.11 Å². The molecule has 7 nitrogen and oxygen atoms in total. The van der Waals surface area contributed by atoms with Gasteiger partial charge in [-0.2, -0.15) is 0 Å². The van der Waals surface area contributed by atoms with E-state index in [1.165, 1.54) is 0 Å². The van der Waals surface area contributed by atoms with Crippen LogP contribution in [-0.2, 0) is 0 Å². The maximum absolute atomic E-state index is 10.2. The second kappa shape index (κ2) is 3.70. The average Bonchev–Trinajstić information content (AvgIpc) is 2.08. The van der Waals surface area contributed by atoms with E-state index in [0.29, 0.717) is 0 Å². The lowest BCUT2D eigenvalue weighted by Crippen LogP contribution is -1.88. The van der Waals surface area contributed by atoms with Crippen molar-refractivity contribution < 1.29 is 4.92 Å². The SMILES string of the molecule is [N-]=[N+]=Nc1ncc([N+](=O)[O-])cc1Cl. The second-order valence-corrected chi connectivity index (χ2v) is 2.35. The molecule has 1 rings (SSSR count). The van der Waals surface area contributed by atoms with Crippen molar-refractivity contribution in [1.82, 2.24) is 4.98 Å². The van der Waals surface area contributed by atoms with Crippen molar-refractivity contribution in [1.29, 1.82) is 0 Å². The molecule has 0 N–H and O–H groups in total. The van der Waals surface area contributed by atoms with Gasteiger partial charge in [0.25, 0.3) is 5.69 Å². The first-order chi connectivity index (χ1) is 6.15. The van der Waals surface area contributed by atoms with E-state index < -0.39 is 4.92 Å². The number of azide groups is 1. The summed E-state index contributed by atoms with van der Waals surface area (Å²) >= 11 is 5.52. The Balaban J connectivity index is 3.19. The van der Waals surface area contributed by atoms with Gasteiger partial charge in [-0.15, -0.1) is 0 Å². The van der Waals surface area contributed by atoms with E-state index in [1.54, 1.807) is 0 Å². The summed E-state index contributed by atoms with van der Waals surface area (Å²) < 4.78 is 0. The molecule has 0 unspecified atom stereocenters. The molecule has 0 saturated carbocycles. The van der Waals surface area contributed by atoms with E-state index in [2.05, 4.69) is 15.0 Å². The second-order valence-electron chi connectivity index (χ2n) is 1.95. The number of aromatic nitrogens is 1. The quantitative estimate of drug-likeness (QED) is 0.240.